The zero-order valence-electron chi connectivity index (χ0n) is 8.40. The highest BCUT2D eigenvalue weighted by atomic mass is 19.3. The summed E-state index contributed by atoms with van der Waals surface area (Å²) in [5, 5.41) is 0. The van der Waals surface area contributed by atoms with Crippen LogP contribution in [0.2, 0.25) is 0 Å². The summed E-state index contributed by atoms with van der Waals surface area (Å²) < 4.78 is 24.5. The first-order valence-electron chi connectivity index (χ1n) is 4.80. The van der Waals surface area contributed by atoms with Crippen LogP contribution >= 0.6 is 0 Å². The van der Waals surface area contributed by atoms with Crippen LogP contribution in [0.15, 0.2) is 54.7 Å². The topological polar surface area (TPSA) is 12.9 Å². The molecule has 1 nitrogen and oxygen atoms in total. The van der Waals surface area contributed by atoms with E-state index in [0.717, 1.165) is 6.08 Å². The molecule has 0 saturated carbocycles. The van der Waals surface area contributed by atoms with Crippen LogP contribution in [0.1, 0.15) is 5.56 Å². The van der Waals surface area contributed by atoms with Gasteiger partial charge in [0.25, 0.3) is 6.08 Å². The number of halogens is 2. The Morgan fingerprint density at radius 2 is 1.75 bits per heavy atom. The van der Waals surface area contributed by atoms with Gasteiger partial charge < -0.3 is 0 Å². The summed E-state index contributed by atoms with van der Waals surface area (Å²) in [7, 11) is 0. The molecule has 0 bridgehead atoms. The molecule has 0 N–H and O–H groups in total. The van der Waals surface area contributed by atoms with E-state index in [1.165, 1.54) is 0 Å². The van der Waals surface area contributed by atoms with E-state index in [1.54, 1.807) is 42.6 Å². The molecule has 0 atom stereocenters. The first-order chi connectivity index (χ1) is 7.77. The lowest BCUT2D eigenvalue weighted by atomic mass is 10.0. The molecule has 0 radical (unpaired) electrons. The SMILES string of the molecule is FC(F)=Cc1ccccc1-c1ccccn1. The number of nitrogens with zero attached hydrogens (tertiary/aromatic N) is 1. The number of hydrogen-bond acceptors (Lipinski definition) is 1. The molecular formula is C13H9F2N. The van der Waals surface area contributed by atoms with Gasteiger partial charge in [0.05, 0.1) is 5.69 Å². The molecule has 0 saturated heterocycles. The van der Waals surface area contributed by atoms with Crippen molar-refractivity contribution in [1.29, 1.82) is 0 Å². The van der Waals surface area contributed by atoms with Crippen molar-refractivity contribution in [3.05, 3.63) is 60.3 Å². The van der Waals surface area contributed by atoms with E-state index in [4.69, 9.17) is 0 Å². The minimum absolute atomic E-state index is 0.473. The van der Waals surface area contributed by atoms with Crippen molar-refractivity contribution in [2.45, 2.75) is 0 Å². The third-order valence-corrected chi connectivity index (χ3v) is 2.17. The molecule has 0 unspecified atom stereocenters. The largest absolute Gasteiger partial charge is 0.270 e. The van der Waals surface area contributed by atoms with Crippen molar-refractivity contribution in [2.75, 3.05) is 0 Å². The van der Waals surface area contributed by atoms with Gasteiger partial charge in [0.15, 0.2) is 0 Å². The molecule has 16 heavy (non-hydrogen) atoms. The van der Waals surface area contributed by atoms with Crippen molar-refractivity contribution < 1.29 is 8.78 Å². The van der Waals surface area contributed by atoms with Crippen LogP contribution in [-0.2, 0) is 0 Å². The average Bonchev–Trinajstić information content (AvgIpc) is 2.30. The third-order valence-electron chi connectivity index (χ3n) is 2.17. The van der Waals surface area contributed by atoms with E-state index >= 15 is 0 Å². The summed E-state index contributed by atoms with van der Waals surface area (Å²) >= 11 is 0. The van der Waals surface area contributed by atoms with Gasteiger partial charge in [-0.2, -0.15) is 8.78 Å². The molecule has 0 fully saturated rings. The number of benzene rings is 1. The minimum Gasteiger partial charge on any atom is -0.256 e. The summed E-state index contributed by atoms with van der Waals surface area (Å²) in [5.41, 5.74) is 1.87. The molecular weight excluding hydrogens is 208 g/mol. The van der Waals surface area contributed by atoms with Crippen molar-refractivity contribution >= 4 is 6.08 Å². The molecule has 0 aliphatic carbocycles. The molecule has 80 valence electrons. The van der Waals surface area contributed by atoms with Crippen LogP contribution in [0.25, 0.3) is 17.3 Å². The fourth-order valence-electron chi connectivity index (χ4n) is 1.50. The van der Waals surface area contributed by atoms with Gasteiger partial charge in [-0.25, -0.2) is 0 Å². The van der Waals surface area contributed by atoms with E-state index in [2.05, 4.69) is 4.98 Å². The molecule has 2 rings (SSSR count). The third kappa shape index (κ3) is 2.31. The number of pyridine rings is 1. The predicted molar refractivity (Wildman–Crippen MR) is 59.9 cm³/mol. The van der Waals surface area contributed by atoms with Crippen molar-refractivity contribution in [2.24, 2.45) is 0 Å². The molecule has 0 aliphatic heterocycles. The van der Waals surface area contributed by atoms with Crippen LogP contribution < -0.4 is 0 Å². The Hall–Kier alpha value is -2.03. The summed E-state index contributed by atoms with van der Waals surface area (Å²) in [4.78, 5) is 4.14. The lowest BCUT2D eigenvalue weighted by Crippen LogP contribution is -1.85. The molecule has 1 heterocycles. The Bertz CT molecular complexity index is 502. The molecule has 0 amide bonds. The fourth-order valence-corrected chi connectivity index (χ4v) is 1.50. The van der Waals surface area contributed by atoms with Crippen molar-refractivity contribution in [1.82, 2.24) is 4.98 Å². The van der Waals surface area contributed by atoms with Gasteiger partial charge >= 0.3 is 0 Å². The highest BCUT2D eigenvalue weighted by Crippen LogP contribution is 2.23. The maximum absolute atomic E-state index is 12.3. The molecule has 3 heteroatoms. The van der Waals surface area contributed by atoms with Crippen LogP contribution in [-0.4, -0.2) is 4.98 Å². The Balaban J connectivity index is 2.53. The van der Waals surface area contributed by atoms with Gasteiger partial charge in [-0.1, -0.05) is 30.3 Å². The minimum atomic E-state index is -1.71. The lowest BCUT2D eigenvalue weighted by molar-refractivity contribution is 0.429. The second-order valence-corrected chi connectivity index (χ2v) is 3.24. The van der Waals surface area contributed by atoms with E-state index < -0.39 is 6.08 Å². The molecule has 1 aromatic carbocycles. The second-order valence-electron chi connectivity index (χ2n) is 3.24. The Morgan fingerprint density at radius 3 is 2.44 bits per heavy atom. The maximum Gasteiger partial charge on any atom is 0.270 e. The first kappa shape index (κ1) is 10.5. The summed E-state index contributed by atoms with van der Waals surface area (Å²) in [5.74, 6) is 0. The van der Waals surface area contributed by atoms with Gasteiger partial charge in [-0.05, 0) is 17.7 Å². The first-order valence-corrected chi connectivity index (χ1v) is 4.80. The van der Waals surface area contributed by atoms with Gasteiger partial charge in [-0.3, -0.25) is 4.98 Å². The molecule has 2 aromatic rings. The van der Waals surface area contributed by atoms with Crippen molar-refractivity contribution in [3.63, 3.8) is 0 Å². The van der Waals surface area contributed by atoms with Gasteiger partial charge in [-0.15, -0.1) is 0 Å². The monoisotopic (exact) mass is 217 g/mol. The summed E-state index contributed by atoms with van der Waals surface area (Å²) in [6, 6.07) is 12.4. The second kappa shape index (κ2) is 4.66. The van der Waals surface area contributed by atoms with Crippen LogP contribution in [0.4, 0.5) is 8.78 Å². The van der Waals surface area contributed by atoms with Gasteiger partial charge in [0.1, 0.15) is 0 Å². The number of hydrogen-bond donors (Lipinski definition) is 0. The van der Waals surface area contributed by atoms with Gasteiger partial charge in [0, 0.05) is 17.8 Å². The van der Waals surface area contributed by atoms with Crippen LogP contribution in [0, 0.1) is 0 Å². The predicted octanol–water partition coefficient (Wildman–Crippen LogP) is 3.99. The standard InChI is InChI=1S/C13H9F2N/c14-13(15)9-10-5-1-2-6-11(10)12-7-3-4-8-16-12/h1-9H. The fraction of sp³-hybridized carbons (Fsp3) is 0. The average molecular weight is 217 g/mol. The van der Waals surface area contributed by atoms with E-state index in [-0.39, 0.29) is 0 Å². The molecule has 1 aromatic heterocycles. The number of rotatable bonds is 2. The normalized spacial score (nSPS) is 9.88. The van der Waals surface area contributed by atoms with Crippen molar-refractivity contribution in [3.8, 4) is 11.3 Å². The maximum atomic E-state index is 12.3. The Morgan fingerprint density at radius 1 is 1.00 bits per heavy atom. The van der Waals surface area contributed by atoms with E-state index in [1.807, 2.05) is 6.07 Å². The van der Waals surface area contributed by atoms with E-state index in [0.29, 0.717) is 16.8 Å². The summed E-state index contributed by atoms with van der Waals surface area (Å²) in [6.07, 6.45) is 0.787. The van der Waals surface area contributed by atoms with Crippen LogP contribution in [0.5, 0.6) is 0 Å². The lowest BCUT2D eigenvalue weighted by Gasteiger charge is -2.04. The Labute approximate surface area is 92.1 Å². The summed E-state index contributed by atoms with van der Waals surface area (Å²) in [6.45, 7) is 0. The van der Waals surface area contributed by atoms with Crippen LogP contribution in [0.3, 0.4) is 0 Å². The smallest absolute Gasteiger partial charge is 0.256 e. The quantitative estimate of drug-likeness (QED) is 0.741. The molecule has 0 spiro atoms. The number of aromatic nitrogens is 1. The highest BCUT2D eigenvalue weighted by molar-refractivity contribution is 5.72. The highest BCUT2D eigenvalue weighted by Gasteiger charge is 2.04. The molecule has 0 aliphatic rings. The zero-order valence-corrected chi connectivity index (χ0v) is 8.40. The Kier molecular flexibility index (Phi) is 3.05. The van der Waals surface area contributed by atoms with Gasteiger partial charge in [0.2, 0.25) is 0 Å². The van der Waals surface area contributed by atoms with E-state index in [9.17, 15) is 8.78 Å². The zero-order chi connectivity index (χ0) is 11.4.